The zero-order valence-corrected chi connectivity index (χ0v) is 16.9. The van der Waals surface area contributed by atoms with Gasteiger partial charge >= 0.3 is 0 Å². The van der Waals surface area contributed by atoms with Gasteiger partial charge in [-0.05, 0) is 36.6 Å². The minimum atomic E-state index is -0.633. The van der Waals surface area contributed by atoms with Gasteiger partial charge in [0, 0.05) is 41.9 Å². The standard InChI is InChI=1S/C23H20N6O2/c1-14(29-18-9-3-6-15-5-2-8-17(20(15)18)23(29)31)22(30)25-12-10-19-26-21(28-27-19)16-7-4-11-24-13-16/h2-9,11,13-14H,10,12H2,1H3,(H,25,30)(H,26,27,28)/t14-/m0/s1. The molecule has 0 radical (unpaired) electrons. The summed E-state index contributed by atoms with van der Waals surface area (Å²) in [5, 5.41) is 11.9. The van der Waals surface area contributed by atoms with Gasteiger partial charge < -0.3 is 5.32 Å². The van der Waals surface area contributed by atoms with E-state index in [0.29, 0.717) is 30.2 Å². The van der Waals surface area contributed by atoms with Crippen molar-refractivity contribution in [3.63, 3.8) is 0 Å². The lowest BCUT2D eigenvalue weighted by molar-refractivity contribution is -0.121. The van der Waals surface area contributed by atoms with Gasteiger partial charge in [-0.2, -0.15) is 5.10 Å². The van der Waals surface area contributed by atoms with Crippen LogP contribution in [0, 0.1) is 0 Å². The number of carbonyl (C=O) groups is 2. The SMILES string of the molecule is C[C@@H](C(=O)NCCc1nc(-c2cccnc2)n[nH]1)N1C(=O)c2cccc3cccc1c23. The molecule has 0 aliphatic carbocycles. The molecule has 8 nitrogen and oxygen atoms in total. The molecule has 1 aliphatic heterocycles. The van der Waals surface area contributed by atoms with Crippen LogP contribution >= 0.6 is 0 Å². The van der Waals surface area contributed by atoms with Crippen LogP contribution in [0.3, 0.4) is 0 Å². The van der Waals surface area contributed by atoms with E-state index in [1.54, 1.807) is 24.2 Å². The van der Waals surface area contributed by atoms with E-state index in [1.165, 1.54) is 0 Å². The van der Waals surface area contributed by atoms with Crippen LogP contribution in [0.4, 0.5) is 5.69 Å². The third kappa shape index (κ3) is 3.31. The summed E-state index contributed by atoms with van der Waals surface area (Å²) in [5.41, 5.74) is 2.23. The first kappa shape index (κ1) is 18.9. The van der Waals surface area contributed by atoms with E-state index in [0.717, 1.165) is 22.0 Å². The molecule has 0 fully saturated rings. The van der Waals surface area contributed by atoms with Crippen molar-refractivity contribution < 1.29 is 9.59 Å². The lowest BCUT2D eigenvalue weighted by Crippen LogP contribution is -2.47. The summed E-state index contributed by atoms with van der Waals surface area (Å²) in [4.78, 5) is 35.9. The molecule has 1 atom stereocenters. The number of anilines is 1. The maximum Gasteiger partial charge on any atom is 0.259 e. The highest BCUT2D eigenvalue weighted by Crippen LogP contribution is 2.38. The summed E-state index contributed by atoms with van der Waals surface area (Å²) in [6.07, 6.45) is 3.88. The van der Waals surface area contributed by atoms with Gasteiger partial charge in [0.1, 0.15) is 11.9 Å². The lowest BCUT2D eigenvalue weighted by atomic mass is 10.1. The Balaban J connectivity index is 1.24. The van der Waals surface area contributed by atoms with Crippen LogP contribution in [0.2, 0.25) is 0 Å². The van der Waals surface area contributed by atoms with Crippen LogP contribution in [-0.4, -0.2) is 44.6 Å². The third-order valence-corrected chi connectivity index (χ3v) is 5.47. The zero-order valence-electron chi connectivity index (χ0n) is 16.9. The first-order valence-electron chi connectivity index (χ1n) is 10.1. The molecular weight excluding hydrogens is 392 g/mol. The van der Waals surface area contributed by atoms with Gasteiger partial charge in [0.2, 0.25) is 5.91 Å². The number of nitrogens with one attached hydrogen (secondary N) is 2. The van der Waals surface area contributed by atoms with E-state index in [9.17, 15) is 9.59 Å². The van der Waals surface area contributed by atoms with Gasteiger partial charge in [-0.15, -0.1) is 0 Å². The van der Waals surface area contributed by atoms with Crippen LogP contribution < -0.4 is 10.2 Å². The van der Waals surface area contributed by atoms with Crippen molar-refractivity contribution >= 4 is 28.3 Å². The molecule has 2 aromatic carbocycles. The molecule has 0 saturated carbocycles. The molecule has 1 aliphatic rings. The predicted molar refractivity (Wildman–Crippen MR) is 117 cm³/mol. The Labute approximate surface area is 178 Å². The molecule has 0 unspecified atom stereocenters. The van der Waals surface area contributed by atoms with E-state index >= 15 is 0 Å². The molecule has 2 N–H and O–H groups in total. The van der Waals surface area contributed by atoms with Gasteiger partial charge in [-0.1, -0.05) is 24.3 Å². The number of nitrogens with zero attached hydrogens (tertiary/aromatic N) is 4. The largest absolute Gasteiger partial charge is 0.354 e. The van der Waals surface area contributed by atoms with Crippen molar-refractivity contribution in [3.05, 3.63) is 72.3 Å². The Bertz CT molecular complexity index is 1280. The van der Waals surface area contributed by atoms with E-state index < -0.39 is 6.04 Å². The van der Waals surface area contributed by atoms with Crippen LogP contribution in [-0.2, 0) is 11.2 Å². The maximum absolute atomic E-state index is 13.0. The van der Waals surface area contributed by atoms with Gasteiger partial charge in [0.15, 0.2) is 5.82 Å². The number of benzene rings is 2. The molecule has 2 amide bonds. The number of aromatic nitrogens is 4. The van der Waals surface area contributed by atoms with Crippen LogP contribution in [0.15, 0.2) is 60.9 Å². The topological polar surface area (TPSA) is 104 Å². The molecule has 0 saturated heterocycles. The summed E-state index contributed by atoms with van der Waals surface area (Å²) in [6, 6.07) is 14.5. The maximum atomic E-state index is 13.0. The molecular formula is C23H20N6O2. The molecule has 154 valence electrons. The fraction of sp³-hybridized carbons (Fsp3) is 0.174. The van der Waals surface area contributed by atoms with E-state index in [1.807, 2.05) is 48.5 Å². The summed E-state index contributed by atoms with van der Waals surface area (Å²) in [7, 11) is 0. The molecule has 0 spiro atoms. The first-order chi connectivity index (χ1) is 15.1. The number of amides is 2. The number of hydrogen-bond acceptors (Lipinski definition) is 5. The Morgan fingerprint density at radius 2 is 2.00 bits per heavy atom. The summed E-state index contributed by atoms with van der Waals surface area (Å²) < 4.78 is 0. The van der Waals surface area contributed by atoms with Crippen molar-refractivity contribution in [1.82, 2.24) is 25.5 Å². The average molecular weight is 412 g/mol. The predicted octanol–water partition coefficient (Wildman–Crippen LogP) is 2.73. The lowest BCUT2D eigenvalue weighted by Gasteiger charge is -2.24. The highest BCUT2D eigenvalue weighted by atomic mass is 16.2. The van der Waals surface area contributed by atoms with Crippen molar-refractivity contribution in [2.45, 2.75) is 19.4 Å². The Morgan fingerprint density at radius 1 is 1.16 bits per heavy atom. The fourth-order valence-electron chi connectivity index (χ4n) is 3.92. The van der Waals surface area contributed by atoms with Crippen LogP contribution in [0.5, 0.6) is 0 Å². The highest BCUT2D eigenvalue weighted by Gasteiger charge is 2.35. The number of rotatable bonds is 6. The second kappa shape index (κ2) is 7.64. The zero-order chi connectivity index (χ0) is 21.4. The minimum absolute atomic E-state index is 0.147. The quantitative estimate of drug-likeness (QED) is 0.507. The smallest absolute Gasteiger partial charge is 0.259 e. The van der Waals surface area contributed by atoms with E-state index in [2.05, 4.69) is 25.5 Å². The number of hydrogen-bond donors (Lipinski definition) is 2. The third-order valence-electron chi connectivity index (χ3n) is 5.47. The normalized spacial score (nSPS) is 13.6. The summed E-state index contributed by atoms with van der Waals surface area (Å²) >= 11 is 0. The summed E-state index contributed by atoms with van der Waals surface area (Å²) in [5.74, 6) is 0.869. The number of pyridine rings is 1. The molecule has 2 aromatic heterocycles. The molecule has 0 bridgehead atoms. The van der Waals surface area contributed by atoms with Crippen molar-refractivity contribution in [2.75, 3.05) is 11.4 Å². The second-order valence-electron chi connectivity index (χ2n) is 7.42. The second-order valence-corrected chi connectivity index (χ2v) is 7.42. The molecule has 4 aromatic rings. The van der Waals surface area contributed by atoms with Crippen LogP contribution in [0.1, 0.15) is 23.1 Å². The van der Waals surface area contributed by atoms with E-state index in [4.69, 9.17) is 0 Å². The Morgan fingerprint density at radius 3 is 2.81 bits per heavy atom. The number of carbonyl (C=O) groups excluding carboxylic acids is 2. The van der Waals surface area contributed by atoms with Crippen LogP contribution in [0.25, 0.3) is 22.2 Å². The molecule has 5 rings (SSSR count). The fourth-order valence-corrected chi connectivity index (χ4v) is 3.92. The Kier molecular flexibility index (Phi) is 4.66. The summed E-state index contributed by atoms with van der Waals surface area (Å²) in [6.45, 7) is 2.12. The number of aromatic amines is 1. The molecule has 31 heavy (non-hydrogen) atoms. The van der Waals surface area contributed by atoms with Crippen molar-refractivity contribution in [3.8, 4) is 11.4 Å². The van der Waals surface area contributed by atoms with Crippen molar-refractivity contribution in [1.29, 1.82) is 0 Å². The monoisotopic (exact) mass is 412 g/mol. The minimum Gasteiger partial charge on any atom is -0.354 e. The van der Waals surface area contributed by atoms with Gasteiger partial charge in [0.05, 0.1) is 5.69 Å². The highest BCUT2D eigenvalue weighted by molar-refractivity contribution is 6.26. The molecule has 3 heterocycles. The average Bonchev–Trinajstić information content (AvgIpc) is 3.38. The van der Waals surface area contributed by atoms with Gasteiger partial charge in [-0.3, -0.25) is 24.6 Å². The first-order valence-corrected chi connectivity index (χ1v) is 10.1. The number of H-pyrrole nitrogens is 1. The van der Waals surface area contributed by atoms with Gasteiger partial charge in [0.25, 0.3) is 5.91 Å². The van der Waals surface area contributed by atoms with Gasteiger partial charge in [-0.25, -0.2) is 4.98 Å². The Hall–Kier alpha value is -4.07. The van der Waals surface area contributed by atoms with Crippen molar-refractivity contribution in [2.24, 2.45) is 0 Å². The molecule has 8 heteroatoms. The van der Waals surface area contributed by atoms with E-state index in [-0.39, 0.29) is 11.8 Å².